The monoisotopic (exact) mass is 166 g/mol. The van der Waals surface area contributed by atoms with Crippen LogP contribution in [0.25, 0.3) is 0 Å². The zero-order chi connectivity index (χ0) is 7.83. The van der Waals surface area contributed by atoms with Crippen molar-refractivity contribution in [3.05, 3.63) is 0 Å². The summed E-state index contributed by atoms with van der Waals surface area (Å²) in [4.78, 5) is 0. The minimum absolute atomic E-state index is 0.361. The first kappa shape index (κ1) is 7.97. The van der Waals surface area contributed by atoms with Crippen molar-refractivity contribution in [3.8, 4) is 0 Å². The van der Waals surface area contributed by atoms with E-state index in [4.69, 9.17) is 8.92 Å². The van der Waals surface area contributed by atoms with Gasteiger partial charge in [0.15, 0.2) is 0 Å². The van der Waals surface area contributed by atoms with E-state index in [9.17, 15) is 8.42 Å². The van der Waals surface area contributed by atoms with Gasteiger partial charge in [0.25, 0.3) is 10.1 Å². The van der Waals surface area contributed by atoms with Crippen molar-refractivity contribution < 1.29 is 17.3 Å². The van der Waals surface area contributed by atoms with Crippen molar-refractivity contribution in [1.29, 1.82) is 0 Å². The van der Waals surface area contributed by atoms with E-state index in [0.29, 0.717) is 13.2 Å². The maximum absolute atomic E-state index is 10.6. The summed E-state index contributed by atoms with van der Waals surface area (Å²) >= 11 is 0. The predicted molar refractivity (Wildman–Crippen MR) is 35.2 cm³/mol. The number of hydrogen-bond donors (Lipinski definition) is 0. The molecular weight excluding hydrogens is 156 g/mol. The van der Waals surface area contributed by atoms with Crippen LogP contribution in [-0.4, -0.2) is 33.5 Å². The lowest BCUT2D eigenvalue weighted by molar-refractivity contribution is -0.146. The van der Waals surface area contributed by atoms with Crippen LogP contribution in [0, 0.1) is 0 Å². The zero-order valence-electron chi connectivity index (χ0n) is 5.96. The third-order valence-electron chi connectivity index (χ3n) is 1.17. The lowest BCUT2D eigenvalue weighted by atomic mass is 10.1. The molecule has 0 atom stereocenters. The number of rotatable bonds is 2. The van der Waals surface area contributed by atoms with Gasteiger partial charge in [-0.1, -0.05) is 0 Å². The first-order valence-electron chi connectivity index (χ1n) is 2.90. The molecule has 1 saturated heterocycles. The van der Waals surface area contributed by atoms with E-state index in [-0.39, 0.29) is 0 Å². The van der Waals surface area contributed by atoms with Crippen LogP contribution in [0.3, 0.4) is 0 Å². The summed E-state index contributed by atoms with van der Waals surface area (Å²) in [6.07, 6.45) is 1.04. The Bertz CT molecular complexity index is 214. The summed E-state index contributed by atoms with van der Waals surface area (Å²) in [5.74, 6) is 0. The highest BCUT2D eigenvalue weighted by atomic mass is 32.2. The van der Waals surface area contributed by atoms with Gasteiger partial charge in [0.05, 0.1) is 19.5 Å². The topological polar surface area (TPSA) is 52.6 Å². The van der Waals surface area contributed by atoms with Crippen molar-refractivity contribution in [3.63, 3.8) is 0 Å². The van der Waals surface area contributed by atoms with Crippen LogP contribution in [0.1, 0.15) is 6.92 Å². The van der Waals surface area contributed by atoms with Crippen LogP contribution in [0.5, 0.6) is 0 Å². The highest BCUT2D eigenvalue weighted by Crippen LogP contribution is 2.22. The standard InChI is InChI=1S/C5H10O4S/c1-5(3-8-4-5)9-10(2,6)7/h3-4H2,1-2H3. The van der Waals surface area contributed by atoms with Crippen molar-refractivity contribution in [2.24, 2.45) is 0 Å². The van der Waals surface area contributed by atoms with E-state index < -0.39 is 15.7 Å². The molecule has 0 aromatic rings. The summed E-state index contributed by atoms with van der Waals surface area (Å²) in [6.45, 7) is 2.43. The molecule has 10 heavy (non-hydrogen) atoms. The van der Waals surface area contributed by atoms with Crippen LogP contribution in [0.2, 0.25) is 0 Å². The molecule has 5 heteroatoms. The molecule has 1 aliphatic rings. The smallest absolute Gasteiger partial charge is 0.265 e. The van der Waals surface area contributed by atoms with Gasteiger partial charge in [0.1, 0.15) is 5.60 Å². The maximum atomic E-state index is 10.6. The second-order valence-corrected chi connectivity index (χ2v) is 4.31. The molecule has 0 aromatic carbocycles. The Morgan fingerprint density at radius 3 is 2.10 bits per heavy atom. The maximum Gasteiger partial charge on any atom is 0.265 e. The number of hydrogen-bond acceptors (Lipinski definition) is 4. The molecule has 0 spiro atoms. The first-order valence-corrected chi connectivity index (χ1v) is 4.71. The van der Waals surface area contributed by atoms with Crippen LogP contribution < -0.4 is 0 Å². The quantitative estimate of drug-likeness (QED) is 0.531. The first-order chi connectivity index (χ1) is 4.41. The van der Waals surface area contributed by atoms with E-state index in [1.54, 1.807) is 6.92 Å². The summed E-state index contributed by atoms with van der Waals surface area (Å²) in [5.41, 5.74) is -0.604. The Morgan fingerprint density at radius 2 is 2.00 bits per heavy atom. The average molecular weight is 166 g/mol. The fourth-order valence-electron chi connectivity index (χ4n) is 0.803. The molecule has 0 unspecified atom stereocenters. The van der Waals surface area contributed by atoms with E-state index in [1.165, 1.54) is 0 Å². The molecule has 0 radical (unpaired) electrons. The SMILES string of the molecule is CC1(OS(C)(=O)=O)COC1. The summed E-state index contributed by atoms with van der Waals surface area (Å²) < 4.78 is 30.6. The molecule has 0 saturated carbocycles. The van der Waals surface area contributed by atoms with Gasteiger partial charge in [-0.25, -0.2) is 0 Å². The summed E-state index contributed by atoms with van der Waals surface area (Å²) in [6, 6.07) is 0. The highest BCUT2D eigenvalue weighted by Gasteiger charge is 2.37. The third-order valence-corrected chi connectivity index (χ3v) is 1.87. The largest absolute Gasteiger partial charge is 0.375 e. The average Bonchev–Trinajstić information content (AvgIpc) is 1.57. The van der Waals surface area contributed by atoms with Crippen LogP contribution in [-0.2, 0) is 19.0 Å². The fraction of sp³-hybridized carbons (Fsp3) is 1.00. The van der Waals surface area contributed by atoms with Crippen molar-refractivity contribution in [1.82, 2.24) is 0 Å². The lowest BCUT2D eigenvalue weighted by Gasteiger charge is -2.36. The van der Waals surface area contributed by atoms with E-state index in [1.807, 2.05) is 0 Å². The van der Waals surface area contributed by atoms with Gasteiger partial charge < -0.3 is 4.74 Å². The summed E-state index contributed by atoms with van der Waals surface area (Å²) in [5, 5.41) is 0. The number of ether oxygens (including phenoxy) is 1. The van der Waals surface area contributed by atoms with Crippen molar-refractivity contribution in [2.75, 3.05) is 19.5 Å². The van der Waals surface area contributed by atoms with E-state index in [0.717, 1.165) is 6.26 Å². The van der Waals surface area contributed by atoms with Crippen molar-refractivity contribution in [2.45, 2.75) is 12.5 Å². The normalized spacial score (nSPS) is 23.8. The minimum Gasteiger partial charge on any atom is -0.375 e. The fourth-order valence-corrected chi connectivity index (χ4v) is 1.63. The van der Waals surface area contributed by atoms with Gasteiger partial charge in [-0.05, 0) is 6.92 Å². The molecular formula is C5H10O4S. The van der Waals surface area contributed by atoms with Gasteiger partial charge >= 0.3 is 0 Å². The molecule has 1 aliphatic heterocycles. The molecule has 60 valence electrons. The highest BCUT2D eigenvalue weighted by molar-refractivity contribution is 7.86. The molecule has 1 rings (SSSR count). The Hall–Kier alpha value is -0.130. The molecule has 0 N–H and O–H groups in total. The molecule has 0 amide bonds. The van der Waals surface area contributed by atoms with E-state index >= 15 is 0 Å². The van der Waals surface area contributed by atoms with Gasteiger partial charge in [0, 0.05) is 0 Å². The molecule has 0 aliphatic carbocycles. The predicted octanol–water partition coefficient (Wildman–Crippen LogP) is -0.248. The third kappa shape index (κ3) is 1.93. The van der Waals surface area contributed by atoms with Gasteiger partial charge in [-0.2, -0.15) is 8.42 Å². The zero-order valence-corrected chi connectivity index (χ0v) is 6.77. The molecule has 0 bridgehead atoms. The lowest BCUT2D eigenvalue weighted by Crippen LogP contribution is -2.50. The molecule has 4 nitrogen and oxygen atoms in total. The van der Waals surface area contributed by atoms with Gasteiger partial charge in [-0.15, -0.1) is 0 Å². The van der Waals surface area contributed by atoms with Crippen molar-refractivity contribution >= 4 is 10.1 Å². The van der Waals surface area contributed by atoms with E-state index in [2.05, 4.69) is 0 Å². The Kier molecular flexibility index (Phi) is 1.74. The Labute approximate surface area is 60.3 Å². The van der Waals surface area contributed by atoms with Gasteiger partial charge in [0.2, 0.25) is 0 Å². The minimum atomic E-state index is -3.32. The Balaban J connectivity index is 2.53. The Morgan fingerprint density at radius 1 is 1.50 bits per heavy atom. The van der Waals surface area contributed by atoms with Crippen LogP contribution in [0.4, 0.5) is 0 Å². The molecule has 1 fully saturated rings. The second-order valence-electron chi connectivity index (χ2n) is 2.73. The van der Waals surface area contributed by atoms with Crippen LogP contribution >= 0.6 is 0 Å². The van der Waals surface area contributed by atoms with Crippen LogP contribution in [0.15, 0.2) is 0 Å². The molecule has 0 aromatic heterocycles. The molecule has 1 heterocycles. The van der Waals surface area contributed by atoms with Gasteiger partial charge in [-0.3, -0.25) is 4.18 Å². The summed E-state index contributed by atoms with van der Waals surface area (Å²) in [7, 11) is -3.32. The second kappa shape index (κ2) is 2.18.